The van der Waals surface area contributed by atoms with Crippen molar-refractivity contribution in [2.75, 3.05) is 12.1 Å². The zero-order valence-corrected chi connectivity index (χ0v) is 13.6. The Morgan fingerprint density at radius 2 is 1.63 bits per heavy atom. The first-order valence-electron chi connectivity index (χ1n) is 7.00. The molecule has 0 atom stereocenters. The van der Waals surface area contributed by atoms with Crippen LogP contribution in [-0.4, -0.2) is 37.2 Å². The Kier molecular flexibility index (Phi) is 5.20. The minimum absolute atomic E-state index is 0.129. The molecule has 0 radical (unpaired) electrons. The Hall–Kier alpha value is -3.05. The van der Waals surface area contributed by atoms with Crippen molar-refractivity contribution in [3.05, 3.63) is 35.4 Å². The van der Waals surface area contributed by atoms with E-state index in [1.165, 1.54) is 0 Å². The number of hydrogen-bond acceptors (Lipinski definition) is 5. The van der Waals surface area contributed by atoms with Crippen molar-refractivity contribution < 1.29 is 45.4 Å². The zero-order valence-electron chi connectivity index (χ0n) is 13.6. The van der Waals surface area contributed by atoms with E-state index in [1.54, 1.807) is 0 Å². The number of nitrogens with zero attached hydrogens (tertiary/aromatic N) is 2. The van der Waals surface area contributed by atoms with E-state index in [1.807, 2.05) is 0 Å². The van der Waals surface area contributed by atoms with Crippen LogP contribution in [0.3, 0.4) is 0 Å². The van der Waals surface area contributed by atoms with Crippen LogP contribution in [0.25, 0.3) is 0 Å². The van der Waals surface area contributed by atoms with Crippen LogP contribution in [0.15, 0.2) is 40.5 Å². The standard InChI is InChI=1S/C15H10F6N2O4/c1-7-10(11(13(25)26-2)14(16,17)18)12(24)23(22-7)8-3-5-9(6-4-8)27-15(19,20)21/h3-6H,1-2H3/b11-10-. The van der Waals surface area contributed by atoms with Crippen molar-refractivity contribution in [3.63, 3.8) is 0 Å². The van der Waals surface area contributed by atoms with Crippen molar-refractivity contribution in [1.29, 1.82) is 0 Å². The van der Waals surface area contributed by atoms with Gasteiger partial charge in [-0.2, -0.15) is 23.3 Å². The van der Waals surface area contributed by atoms with Gasteiger partial charge in [-0.25, -0.2) is 4.79 Å². The van der Waals surface area contributed by atoms with Crippen LogP contribution in [0, 0.1) is 0 Å². The average Bonchev–Trinajstić information content (AvgIpc) is 2.81. The van der Waals surface area contributed by atoms with Crippen molar-refractivity contribution >= 4 is 23.3 Å². The number of amides is 1. The Morgan fingerprint density at radius 1 is 1.07 bits per heavy atom. The third-order valence-corrected chi connectivity index (χ3v) is 3.26. The predicted molar refractivity (Wildman–Crippen MR) is 78.8 cm³/mol. The Labute approximate surface area is 147 Å². The lowest BCUT2D eigenvalue weighted by Crippen LogP contribution is -2.29. The smallest absolute Gasteiger partial charge is 0.465 e. The third kappa shape index (κ3) is 4.38. The summed E-state index contributed by atoms with van der Waals surface area (Å²) < 4.78 is 83.8. The number of anilines is 1. The number of esters is 1. The van der Waals surface area contributed by atoms with E-state index in [4.69, 9.17) is 0 Å². The number of carbonyl (C=O) groups is 2. The second kappa shape index (κ2) is 6.93. The number of hydrazone groups is 1. The summed E-state index contributed by atoms with van der Waals surface area (Å²) in [6.45, 7) is 1.07. The lowest BCUT2D eigenvalue weighted by atomic mass is 10.0. The fraction of sp³-hybridized carbons (Fsp3) is 0.267. The van der Waals surface area contributed by atoms with E-state index in [-0.39, 0.29) is 5.69 Å². The van der Waals surface area contributed by atoms with Gasteiger partial charge in [-0.3, -0.25) is 4.79 Å². The molecule has 0 fully saturated rings. The van der Waals surface area contributed by atoms with Crippen molar-refractivity contribution in [2.45, 2.75) is 19.5 Å². The van der Waals surface area contributed by atoms with Gasteiger partial charge in [0.25, 0.3) is 5.91 Å². The molecule has 0 unspecified atom stereocenters. The van der Waals surface area contributed by atoms with Crippen molar-refractivity contribution in [3.8, 4) is 5.75 Å². The highest BCUT2D eigenvalue weighted by Gasteiger charge is 2.47. The first-order valence-corrected chi connectivity index (χ1v) is 7.00. The van der Waals surface area contributed by atoms with Gasteiger partial charge in [0, 0.05) is 0 Å². The highest BCUT2D eigenvalue weighted by molar-refractivity contribution is 6.32. The second-order valence-corrected chi connectivity index (χ2v) is 5.08. The molecule has 0 N–H and O–H groups in total. The first kappa shape index (κ1) is 20.3. The van der Waals surface area contributed by atoms with E-state index < -0.39 is 47.0 Å². The highest BCUT2D eigenvalue weighted by Crippen LogP contribution is 2.34. The number of rotatable bonds is 3. The molecule has 1 amide bonds. The predicted octanol–water partition coefficient (Wildman–Crippen LogP) is 3.34. The summed E-state index contributed by atoms with van der Waals surface area (Å²) in [7, 11) is 0.720. The molecule has 0 aromatic heterocycles. The van der Waals surface area contributed by atoms with Crippen LogP contribution >= 0.6 is 0 Å². The summed E-state index contributed by atoms with van der Waals surface area (Å²) in [5.74, 6) is -3.65. The molecule has 6 nitrogen and oxygen atoms in total. The molecule has 146 valence electrons. The molecule has 2 rings (SSSR count). The third-order valence-electron chi connectivity index (χ3n) is 3.26. The quantitative estimate of drug-likeness (QED) is 0.447. The van der Waals surface area contributed by atoms with Gasteiger partial charge in [-0.05, 0) is 31.2 Å². The number of halogens is 6. The maximum absolute atomic E-state index is 13.2. The van der Waals surface area contributed by atoms with Gasteiger partial charge in [-0.15, -0.1) is 13.2 Å². The maximum Gasteiger partial charge on any atom is 0.573 e. The Bertz CT molecular complexity index is 824. The molecular formula is C15H10F6N2O4. The van der Waals surface area contributed by atoms with Crippen molar-refractivity contribution in [2.24, 2.45) is 5.10 Å². The molecule has 0 aliphatic carbocycles. The molecule has 1 aromatic rings. The van der Waals surface area contributed by atoms with Crippen LogP contribution in [0.5, 0.6) is 5.75 Å². The number of ether oxygens (including phenoxy) is 2. The molecule has 1 heterocycles. The SMILES string of the molecule is COC(=O)/C(=C1/C(=O)N(c2ccc(OC(F)(F)F)cc2)N=C1C)C(F)(F)F. The van der Waals surface area contributed by atoms with Crippen LogP contribution < -0.4 is 9.75 Å². The summed E-state index contributed by atoms with van der Waals surface area (Å²) in [6, 6.07) is 3.69. The van der Waals surface area contributed by atoms with Crippen LogP contribution in [0.4, 0.5) is 32.0 Å². The number of carbonyl (C=O) groups excluding carboxylic acids is 2. The van der Waals surface area contributed by atoms with E-state index >= 15 is 0 Å². The Morgan fingerprint density at radius 3 is 2.07 bits per heavy atom. The number of methoxy groups -OCH3 is 1. The van der Waals surface area contributed by atoms with E-state index in [2.05, 4.69) is 14.6 Å². The summed E-state index contributed by atoms with van der Waals surface area (Å²) in [5.41, 5.74) is -3.37. The van der Waals surface area contributed by atoms with Gasteiger partial charge in [0.05, 0.1) is 24.1 Å². The summed E-state index contributed by atoms with van der Waals surface area (Å²) >= 11 is 0. The molecule has 0 saturated carbocycles. The molecule has 0 spiro atoms. The van der Waals surface area contributed by atoms with Gasteiger partial charge in [-0.1, -0.05) is 0 Å². The summed E-state index contributed by atoms with van der Waals surface area (Å²) in [5, 5.41) is 4.17. The van der Waals surface area contributed by atoms with Crippen molar-refractivity contribution in [1.82, 2.24) is 0 Å². The maximum atomic E-state index is 13.2. The number of benzene rings is 1. The normalized spacial score (nSPS) is 17.0. The lowest BCUT2D eigenvalue weighted by molar-refractivity contribution is -0.274. The monoisotopic (exact) mass is 396 g/mol. The minimum atomic E-state index is -5.19. The summed E-state index contributed by atoms with van der Waals surface area (Å²) in [4.78, 5) is 23.9. The van der Waals surface area contributed by atoms with E-state index in [0.29, 0.717) is 5.01 Å². The Balaban J connectivity index is 2.42. The highest BCUT2D eigenvalue weighted by atomic mass is 19.4. The van der Waals surface area contributed by atoms with Gasteiger partial charge in [0.1, 0.15) is 5.75 Å². The van der Waals surface area contributed by atoms with E-state index in [0.717, 1.165) is 38.3 Å². The molecule has 12 heteroatoms. The van der Waals surface area contributed by atoms with Gasteiger partial charge < -0.3 is 9.47 Å². The molecular weight excluding hydrogens is 386 g/mol. The van der Waals surface area contributed by atoms with Gasteiger partial charge >= 0.3 is 18.5 Å². The molecule has 0 saturated heterocycles. The minimum Gasteiger partial charge on any atom is -0.465 e. The van der Waals surface area contributed by atoms with E-state index in [9.17, 15) is 35.9 Å². The fourth-order valence-electron chi connectivity index (χ4n) is 2.22. The van der Waals surface area contributed by atoms with Gasteiger partial charge in [0.15, 0.2) is 5.57 Å². The molecule has 0 bridgehead atoms. The molecule has 27 heavy (non-hydrogen) atoms. The lowest BCUT2D eigenvalue weighted by Gasteiger charge is -2.15. The second-order valence-electron chi connectivity index (χ2n) is 5.08. The number of alkyl halides is 6. The van der Waals surface area contributed by atoms with Crippen LogP contribution in [-0.2, 0) is 14.3 Å². The van der Waals surface area contributed by atoms with Crippen LogP contribution in [0.2, 0.25) is 0 Å². The fourth-order valence-corrected chi connectivity index (χ4v) is 2.22. The molecule has 1 aliphatic rings. The van der Waals surface area contributed by atoms with Gasteiger partial charge in [0.2, 0.25) is 0 Å². The topological polar surface area (TPSA) is 68.2 Å². The molecule has 1 aliphatic heterocycles. The summed E-state index contributed by atoms with van der Waals surface area (Å²) in [6.07, 6.45) is -10.1. The average molecular weight is 396 g/mol. The number of hydrogen-bond donors (Lipinski definition) is 0. The largest absolute Gasteiger partial charge is 0.573 e. The first-order chi connectivity index (χ1) is 12.3. The molecule has 1 aromatic carbocycles. The zero-order chi connectivity index (χ0) is 20.6. The van der Waals surface area contributed by atoms with Crippen LogP contribution in [0.1, 0.15) is 6.92 Å².